The molecule has 10 heteroatoms. The SMILES string of the molecule is CN(C)C(=O)c1cc(COC(=O)NCCC2CCN(c3ccc4cc(Cl)ccc4n3)CC2)on1. The Morgan fingerprint density at radius 1 is 1.21 bits per heavy atom. The van der Waals surface area contributed by atoms with E-state index in [1.54, 1.807) is 14.1 Å². The van der Waals surface area contributed by atoms with Crippen molar-refractivity contribution in [1.29, 1.82) is 0 Å². The van der Waals surface area contributed by atoms with Gasteiger partial charge in [-0.1, -0.05) is 16.8 Å². The van der Waals surface area contributed by atoms with E-state index in [2.05, 4.69) is 21.4 Å². The fourth-order valence-electron chi connectivity index (χ4n) is 3.99. The van der Waals surface area contributed by atoms with Crippen LogP contribution in [0.15, 0.2) is 40.9 Å². The highest BCUT2D eigenvalue weighted by molar-refractivity contribution is 6.31. The van der Waals surface area contributed by atoms with Crippen LogP contribution in [0.3, 0.4) is 0 Å². The average Bonchev–Trinajstić information content (AvgIpc) is 3.31. The number of aromatic nitrogens is 2. The minimum Gasteiger partial charge on any atom is -0.441 e. The maximum Gasteiger partial charge on any atom is 0.407 e. The number of carbonyl (C=O) groups is 2. The van der Waals surface area contributed by atoms with E-state index >= 15 is 0 Å². The van der Waals surface area contributed by atoms with Gasteiger partial charge in [0.1, 0.15) is 5.82 Å². The Morgan fingerprint density at radius 2 is 2.00 bits per heavy atom. The summed E-state index contributed by atoms with van der Waals surface area (Å²) in [7, 11) is 3.25. The lowest BCUT2D eigenvalue weighted by molar-refractivity contribution is 0.0816. The number of halogens is 1. The predicted molar refractivity (Wildman–Crippen MR) is 129 cm³/mol. The number of alkyl carbamates (subject to hydrolysis) is 1. The summed E-state index contributed by atoms with van der Waals surface area (Å²) in [6, 6.07) is 11.3. The van der Waals surface area contributed by atoms with Gasteiger partial charge in [0, 0.05) is 50.2 Å². The van der Waals surface area contributed by atoms with Gasteiger partial charge in [-0.2, -0.15) is 0 Å². The van der Waals surface area contributed by atoms with Crippen LogP contribution in [0.5, 0.6) is 0 Å². The van der Waals surface area contributed by atoms with Crippen LogP contribution in [0.25, 0.3) is 10.9 Å². The largest absolute Gasteiger partial charge is 0.441 e. The second kappa shape index (κ2) is 10.7. The van der Waals surface area contributed by atoms with Crippen LogP contribution in [0.1, 0.15) is 35.5 Å². The molecule has 1 aliphatic heterocycles. The molecule has 0 unspecified atom stereocenters. The summed E-state index contributed by atoms with van der Waals surface area (Å²) in [6.07, 6.45) is 2.45. The molecule has 3 aromatic rings. The van der Waals surface area contributed by atoms with Gasteiger partial charge in [-0.15, -0.1) is 0 Å². The van der Waals surface area contributed by atoms with Crippen LogP contribution in [0.2, 0.25) is 5.02 Å². The van der Waals surface area contributed by atoms with E-state index in [0.717, 1.165) is 49.1 Å². The smallest absolute Gasteiger partial charge is 0.407 e. The second-order valence-corrected chi connectivity index (χ2v) is 9.04. The lowest BCUT2D eigenvalue weighted by atomic mass is 9.93. The van der Waals surface area contributed by atoms with Crippen molar-refractivity contribution in [3.63, 3.8) is 0 Å². The average molecular weight is 486 g/mol. The monoisotopic (exact) mass is 485 g/mol. The van der Waals surface area contributed by atoms with Crippen molar-refractivity contribution in [3.8, 4) is 0 Å². The molecule has 1 aromatic carbocycles. The molecule has 0 spiro atoms. The van der Waals surface area contributed by atoms with Crippen LogP contribution in [-0.4, -0.2) is 60.8 Å². The van der Waals surface area contributed by atoms with Gasteiger partial charge in [0.05, 0.1) is 5.52 Å². The maximum atomic E-state index is 12.0. The summed E-state index contributed by atoms with van der Waals surface area (Å²) in [6.45, 7) is 2.32. The highest BCUT2D eigenvalue weighted by Crippen LogP contribution is 2.26. The normalized spacial score (nSPS) is 14.3. The number of hydrogen-bond acceptors (Lipinski definition) is 7. The number of benzene rings is 1. The molecule has 34 heavy (non-hydrogen) atoms. The molecule has 1 saturated heterocycles. The number of ether oxygens (including phenoxy) is 1. The molecule has 1 fully saturated rings. The number of carbonyl (C=O) groups excluding carboxylic acids is 2. The van der Waals surface area contributed by atoms with Crippen molar-refractivity contribution in [2.24, 2.45) is 5.92 Å². The van der Waals surface area contributed by atoms with Crippen LogP contribution < -0.4 is 10.2 Å². The minimum absolute atomic E-state index is 0.0805. The summed E-state index contributed by atoms with van der Waals surface area (Å²) < 4.78 is 10.2. The van der Waals surface area contributed by atoms with E-state index in [1.165, 1.54) is 11.0 Å². The van der Waals surface area contributed by atoms with Crippen molar-refractivity contribution < 1.29 is 18.8 Å². The zero-order chi connectivity index (χ0) is 24.1. The van der Waals surface area contributed by atoms with Crippen molar-refractivity contribution in [2.45, 2.75) is 25.9 Å². The first-order valence-electron chi connectivity index (χ1n) is 11.3. The zero-order valence-corrected chi connectivity index (χ0v) is 20.0. The van der Waals surface area contributed by atoms with E-state index in [-0.39, 0.29) is 18.2 Å². The highest BCUT2D eigenvalue weighted by Gasteiger charge is 2.21. The first kappa shape index (κ1) is 23.8. The minimum atomic E-state index is -0.519. The number of piperidine rings is 1. The van der Waals surface area contributed by atoms with Crippen molar-refractivity contribution in [2.75, 3.05) is 38.6 Å². The predicted octanol–water partition coefficient (Wildman–Crippen LogP) is 4.11. The molecule has 0 saturated carbocycles. The van der Waals surface area contributed by atoms with Crippen LogP contribution in [0, 0.1) is 5.92 Å². The molecule has 180 valence electrons. The number of pyridine rings is 1. The van der Waals surface area contributed by atoms with Gasteiger partial charge >= 0.3 is 6.09 Å². The molecule has 0 radical (unpaired) electrons. The van der Waals surface area contributed by atoms with Crippen molar-refractivity contribution >= 4 is 40.3 Å². The molecule has 3 heterocycles. The standard InChI is InChI=1S/C24H28ClN5O4/c1-29(2)23(31)21-14-19(34-28-21)15-33-24(32)26-10-7-16-8-11-30(12-9-16)22-6-3-17-13-18(25)4-5-20(17)27-22/h3-6,13-14,16H,7-12,15H2,1-2H3,(H,26,32). The van der Waals surface area contributed by atoms with Gasteiger partial charge < -0.3 is 24.4 Å². The van der Waals surface area contributed by atoms with E-state index in [1.807, 2.05) is 24.3 Å². The van der Waals surface area contributed by atoms with E-state index in [9.17, 15) is 9.59 Å². The van der Waals surface area contributed by atoms with Gasteiger partial charge in [0.15, 0.2) is 18.1 Å². The maximum absolute atomic E-state index is 12.0. The van der Waals surface area contributed by atoms with Gasteiger partial charge in [-0.3, -0.25) is 4.79 Å². The molecule has 1 N–H and O–H groups in total. The summed E-state index contributed by atoms with van der Waals surface area (Å²) in [4.78, 5) is 32.3. The molecule has 1 aliphatic rings. The number of anilines is 1. The fourth-order valence-corrected chi connectivity index (χ4v) is 4.17. The van der Waals surface area contributed by atoms with Gasteiger partial charge in [0.2, 0.25) is 0 Å². The molecule has 2 aromatic heterocycles. The Bertz CT molecular complexity index is 1160. The number of rotatable bonds is 7. The summed E-state index contributed by atoms with van der Waals surface area (Å²) in [5.41, 5.74) is 1.12. The third kappa shape index (κ3) is 5.96. The highest BCUT2D eigenvalue weighted by atomic mass is 35.5. The Labute approximate surface area is 203 Å². The number of nitrogens with one attached hydrogen (secondary N) is 1. The molecule has 0 aliphatic carbocycles. The third-order valence-electron chi connectivity index (χ3n) is 5.93. The Morgan fingerprint density at radius 3 is 2.76 bits per heavy atom. The van der Waals surface area contributed by atoms with Crippen LogP contribution in [0.4, 0.5) is 10.6 Å². The number of amides is 2. The van der Waals surface area contributed by atoms with E-state index in [4.69, 9.17) is 25.8 Å². The first-order valence-corrected chi connectivity index (χ1v) is 11.7. The lowest BCUT2D eigenvalue weighted by Crippen LogP contribution is -2.35. The summed E-state index contributed by atoms with van der Waals surface area (Å²) in [5.74, 6) is 1.56. The summed E-state index contributed by atoms with van der Waals surface area (Å²) in [5, 5.41) is 8.22. The molecule has 4 rings (SSSR count). The molecular formula is C24H28ClN5O4. The van der Waals surface area contributed by atoms with Crippen LogP contribution in [-0.2, 0) is 11.3 Å². The van der Waals surface area contributed by atoms with Gasteiger partial charge in [-0.05, 0) is 55.5 Å². The van der Waals surface area contributed by atoms with Gasteiger partial charge in [0.25, 0.3) is 5.91 Å². The lowest BCUT2D eigenvalue weighted by Gasteiger charge is -2.33. The molecule has 2 amide bonds. The first-order chi connectivity index (χ1) is 16.4. The number of fused-ring (bicyclic) bond motifs is 1. The molecule has 0 atom stereocenters. The second-order valence-electron chi connectivity index (χ2n) is 8.61. The molecular weight excluding hydrogens is 458 g/mol. The Balaban J connectivity index is 1.16. The molecule has 9 nitrogen and oxygen atoms in total. The van der Waals surface area contributed by atoms with Crippen LogP contribution >= 0.6 is 11.6 Å². The fraction of sp³-hybridized carbons (Fsp3) is 0.417. The Hall–Kier alpha value is -3.33. The summed E-state index contributed by atoms with van der Waals surface area (Å²) >= 11 is 6.06. The number of nitrogens with zero attached hydrogens (tertiary/aromatic N) is 4. The molecule has 0 bridgehead atoms. The van der Waals surface area contributed by atoms with Gasteiger partial charge in [-0.25, -0.2) is 9.78 Å². The van der Waals surface area contributed by atoms with Crippen molar-refractivity contribution in [1.82, 2.24) is 20.4 Å². The van der Waals surface area contributed by atoms with Crippen molar-refractivity contribution in [3.05, 3.63) is 52.9 Å². The Kier molecular flexibility index (Phi) is 7.52. The van der Waals surface area contributed by atoms with E-state index < -0.39 is 6.09 Å². The topological polar surface area (TPSA) is 101 Å². The zero-order valence-electron chi connectivity index (χ0n) is 19.3. The van der Waals surface area contributed by atoms with E-state index in [0.29, 0.717) is 23.2 Å². The quantitative estimate of drug-likeness (QED) is 0.537. The third-order valence-corrected chi connectivity index (χ3v) is 6.16. The number of hydrogen-bond donors (Lipinski definition) is 1.